The zero-order valence-corrected chi connectivity index (χ0v) is 37.8. The Labute approximate surface area is 376 Å². The molecule has 8 aromatic carbocycles. The molecule has 0 spiro atoms. The quantitative estimate of drug-likeness (QED) is 0.123. The van der Waals surface area contributed by atoms with Crippen molar-refractivity contribution in [3.05, 3.63) is 199 Å². The molecule has 0 amide bonds. The van der Waals surface area contributed by atoms with Gasteiger partial charge in [-0.15, -0.1) is 65.0 Å². The van der Waals surface area contributed by atoms with Crippen LogP contribution < -0.4 is 0 Å². The maximum atomic E-state index is 5.99. The largest absolute Gasteiger partial charge is 0.456 e. The molecule has 4 nitrogen and oxygen atoms in total. The molecule has 3 aromatic heterocycles. The molecule has 0 atom stereocenters. The van der Waals surface area contributed by atoms with Crippen molar-refractivity contribution in [3.63, 3.8) is 0 Å². The molecule has 0 aliphatic rings. The van der Waals surface area contributed by atoms with E-state index in [1.165, 1.54) is 49.5 Å². The Morgan fingerprint density at radius 2 is 1.29 bits per heavy atom. The zero-order valence-electron chi connectivity index (χ0n) is 35.4. The molecule has 11 rings (SSSR count). The van der Waals surface area contributed by atoms with Gasteiger partial charge >= 0.3 is 0 Å². The van der Waals surface area contributed by atoms with Gasteiger partial charge in [0.25, 0.3) is 0 Å². The number of benzene rings is 8. The summed E-state index contributed by atoms with van der Waals surface area (Å²) in [5.74, 6) is 1.58. The van der Waals surface area contributed by atoms with Crippen LogP contribution in [0.15, 0.2) is 174 Å². The molecule has 3 heterocycles. The Morgan fingerprint density at radius 3 is 2.06 bits per heavy atom. The summed E-state index contributed by atoms with van der Waals surface area (Å²) in [5, 5.41) is 7.09. The molecular formula is C57H45IrN3O-2. The predicted octanol–water partition coefficient (Wildman–Crippen LogP) is 15.5. The molecule has 5 heteroatoms. The average molecular weight is 980 g/mol. The van der Waals surface area contributed by atoms with Gasteiger partial charge in [0.2, 0.25) is 0 Å². The molecule has 11 aromatic rings. The van der Waals surface area contributed by atoms with Crippen LogP contribution in [0.4, 0.5) is 0 Å². The van der Waals surface area contributed by atoms with Gasteiger partial charge in [-0.2, -0.15) is 0 Å². The summed E-state index contributed by atoms with van der Waals surface area (Å²) >= 11 is 0. The fraction of sp³-hybridized carbons (Fsp3) is 0.123. The third kappa shape index (κ3) is 7.42. The fourth-order valence-corrected chi connectivity index (χ4v) is 8.66. The number of hydrogen-bond acceptors (Lipinski definition) is 3. The minimum atomic E-state index is 0. The minimum absolute atomic E-state index is 0. The van der Waals surface area contributed by atoms with Crippen molar-refractivity contribution < 1.29 is 24.5 Å². The van der Waals surface area contributed by atoms with E-state index in [2.05, 4.69) is 184 Å². The van der Waals surface area contributed by atoms with E-state index in [-0.39, 0.29) is 20.1 Å². The van der Waals surface area contributed by atoms with Crippen molar-refractivity contribution in [2.45, 2.75) is 46.5 Å². The van der Waals surface area contributed by atoms with E-state index in [4.69, 9.17) is 9.40 Å². The Bertz CT molecular complexity index is 3350. The number of aryl methyl sites for hydroxylation is 1. The molecule has 62 heavy (non-hydrogen) atoms. The van der Waals surface area contributed by atoms with E-state index in [9.17, 15) is 0 Å². The molecule has 0 bridgehead atoms. The van der Waals surface area contributed by atoms with E-state index in [0.717, 1.165) is 61.2 Å². The van der Waals surface area contributed by atoms with Crippen LogP contribution in [0.5, 0.6) is 0 Å². The molecule has 0 saturated carbocycles. The third-order valence-electron chi connectivity index (χ3n) is 11.8. The van der Waals surface area contributed by atoms with Crippen LogP contribution in [0.3, 0.4) is 0 Å². The number of rotatable bonds is 6. The summed E-state index contributed by atoms with van der Waals surface area (Å²) in [6.07, 6.45) is 1.89. The van der Waals surface area contributed by atoms with Crippen molar-refractivity contribution in [3.8, 4) is 39.5 Å². The van der Waals surface area contributed by atoms with Crippen LogP contribution >= 0.6 is 0 Å². The molecule has 0 aliphatic heterocycles. The van der Waals surface area contributed by atoms with Crippen molar-refractivity contribution in [1.29, 1.82) is 0 Å². The second-order valence-corrected chi connectivity index (χ2v) is 16.5. The van der Waals surface area contributed by atoms with Crippen LogP contribution in [-0.4, -0.2) is 14.5 Å². The SMILES string of the molecule is CC(C)c1cc(-c2ccccc2)cc(C(C)C)c1-n1c(-c2[c-]cc3c(ccc4ccccc43)c2)nc2ccccc21.Cc1cccc2c1oc1cc(-c3[c-]cccc3)ncc12.[Ir]. The summed E-state index contributed by atoms with van der Waals surface area (Å²) in [6.45, 7) is 11.2. The second kappa shape index (κ2) is 17.0. The molecule has 0 fully saturated rings. The monoisotopic (exact) mass is 980 g/mol. The summed E-state index contributed by atoms with van der Waals surface area (Å²) in [4.78, 5) is 9.78. The standard InChI is InChI=1S/C39H33N2.C18H12NO.Ir/c1-25(2)34-23-31(27-12-6-5-7-13-27)24-35(26(3)4)38(34)41-37-17-11-10-16-36(37)40-39(41)30-20-21-33-29(22-30)19-18-28-14-8-9-15-32(28)33;1-12-6-5-9-14-15-11-19-16(10-17(15)20-18(12)14)13-7-3-2-4-8-13;/h5-19,21-26H,1-4H3;2-7,9-11H,1H3;/q2*-1;. The van der Waals surface area contributed by atoms with Gasteiger partial charge in [0, 0.05) is 42.8 Å². The molecule has 0 aliphatic carbocycles. The van der Waals surface area contributed by atoms with Crippen molar-refractivity contribution >= 4 is 54.5 Å². The van der Waals surface area contributed by atoms with Crippen LogP contribution in [0.25, 0.3) is 94.0 Å². The van der Waals surface area contributed by atoms with Crippen LogP contribution in [0.1, 0.15) is 56.2 Å². The van der Waals surface area contributed by atoms with E-state index >= 15 is 0 Å². The Morgan fingerprint density at radius 1 is 0.581 bits per heavy atom. The number of pyridine rings is 1. The maximum Gasteiger partial charge on any atom is 0.138 e. The Hall–Kier alpha value is -6.65. The maximum absolute atomic E-state index is 5.99. The molecule has 1 radical (unpaired) electrons. The predicted molar refractivity (Wildman–Crippen MR) is 254 cm³/mol. The zero-order chi connectivity index (χ0) is 41.6. The first-order chi connectivity index (χ1) is 29.8. The van der Waals surface area contributed by atoms with Crippen molar-refractivity contribution in [2.24, 2.45) is 0 Å². The van der Waals surface area contributed by atoms with Gasteiger partial charge in [-0.25, -0.2) is 0 Å². The van der Waals surface area contributed by atoms with Crippen LogP contribution in [-0.2, 0) is 20.1 Å². The number of imidazole rings is 1. The number of hydrogen-bond donors (Lipinski definition) is 0. The first-order valence-electron chi connectivity index (χ1n) is 21.1. The van der Waals surface area contributed by atoms with Gasteiger partial charge in [-0.3, -0.25) is 4.98 Å². The molecular weight excluding hydrogens is 935 g/mol. The first kappa shape index (κ1) is 40.7. The topological polar surface area (TPSA) is 43.9 Å². The number of para-hydroxylation sites is 3. The van der Waals surface area contributed by atoms with Crippen LogP contribution in [0, 0.1) is 19.1 Å². The van der Waals surface area contributed by atoms with E-state index in [1.807, 2.05) is 42.6 Å². The van der Waals surface area contributed by atoms with Gasteiger partial charge in [0.15, 0.2) is 0 Å². The van der Waals surface area contributed by atoms with E-state index in [1.54, 1.807) is 0 Å². The molecule has 0 unspecified atom stereocenters. The van der Waals surface area contributed by atoms with Gasteiger partial charge in [-0.1, -0.05) is 136 Å². The van der Waals surface area contributed by atoms with Gasteiger partial charge in [0.1, 0.15) is 11.2 Å². The summed E-state index contributed by atoms with van der Waals surface area (Å²) in [5.41, 5.74) is 14.3. The van der Waals surface area contributed by atoms with Crippen molar-refractivity contribution in [1.82, 2.24) is 14.5 Å². The average Bonchev–Trinajstić information content (AvgIpc) is 3.88. The van der Waals surface area contributed by atoms with Crippen LogP contribution in [0.2, 0.25) is 0 Å². The smallest absolute Gasteiger partial charge is 0.138 e. The van der Waals surface area contributed by atoms with E-state index < -0.39 is 0 Å². The van der Waals surface area contributed by atoms with E-state index in [0.29, 0.717) is 11.8 Å². The normalized spacial score (nSPS) is 11.5. The first-order valence-corrected chi connectivity index (χ1v) is 21.1. The number of nitrogens with zero attached hydrogens (tertiary/aromatic N) is 3. The van der Waals surface area contributed by atoms with Gasteiger partial charge < -0.3 is 14.0 Å². The molecule has 305 valence electrons. The number of fused-ring (bicyclic) bond motifs is 7. The Kier molecular flexibility index (Phi) is 11.2. The molecule has 0 saturated heterocycles. The molecule has 0 N–H and O–H groups in total. The number of furan rings is 1. The summed E-state index contributed by atoms with van der Waals surface area (Å²) < 4.78 is 8.39. The fourth-order valence-electron chi connectivity index (χ4n) is 8.66. The summed E-state index contributed by atoms with van der Waals surface area (Å²) in [7, 11) is 0. The third-order valence-corrected chi connectivity index (χ3v) is 11.8. The van der Waals surface area contributed by atoms with Crippen molar-refractivity contribution in [2.75, 3.05) is 0 Å². The Balaban J connectivity index is 0.000000195. The second-order valence-electron chi connectivity index (χ2n) is 16.5. The number of aromatic nitrogens is 3. The van der Waals surface area contributed by atoms with Gasteiger partial charge in [0.05, 0.1) is 16.9 Å². The van der Waals surface area contributed by atoms with Gasteiger partial charge in [-0.05, 0) is 88.0 Å². The minimum Gasteiger partial charge on any atom is -0.456 e. The summed E-state index contributed by atoms with van der Waals surface area (Å²) in [6, 6.07) is 64.2.